The van der Waals surface area contributed by atoms with Crippen LogP contribution in [-0.4, -0.2) is 35.4 Å². The van der Waals surface area contributed by atoms with Gasteiger partial charge in [0, 0.05) is 7.05 Å². The maximum absolute atomic E-state index is 11.8. The van der Waals surface area contributed by atoms with E-state index < -0.39 is 11.9 Å². The Bertz CT molecular complexity index is 655. The van der Waals surface area contributed by atoms with E-state index in [1.54, 1.807) is 6.92 Å². The Labute approximate surface area is 124 Å². The highest BCUT2D eigenvalue weighted by Gasteiger charge is 2.27. The minimum Gasteiger partial charge on any atom is -0.312 e. The first-order chi connectivity index (χ1) is 9.40. The summed E-state index contributed by atoms with van der Waals surface area (Å²) in [4.78, 5) is 28.1. The average Bonchev–Trinajstić information content (AvgIpc) is 2.64. The van der Waals surface area contributed by atoms with Gasteiger partial charge in [-0.1, -0.05) is 28.4 Å². The van der Waals surface area contributed by atoms with Crippen molar-refractivity contribution in [3.63, 3.8) is 0 Å². The minimum absolute atomic E-state index is 0.0130. The summed E-state index contributed by atoms with van der Waals surface area (Å²) in [5.74, 6) is -1.18. The van der Waals surface area contributed by atoms with Crippen molar-refractivity contribution < 1.29 is 14.4 Å². The van der Waals surface area contributed by atoms with Crippen molar-refractivity contribution in [2.24, 2.45) is 10.3 Å². The molecule has 0 atom stereocenters. The maximum Gasteiger partial charge on any atom is 0.365 e. The van der Waals surface area contributed by atoms with Gasteiger partial charge in [0.1, 0.15) is 0 Å². The molecule has 0 spiro atoms. The summed E-state index contributed by atoms with van der Waals surface area (Å²) in [6.45, 7) is 1.59. The summed E-state index contributed by atoms with van der Waals surface area (Å²) in [6, 6.07) is 4.27. The zero-order valence-corrected chi connectivity index (χ0v) is 12.1. The maximum atomic E-state index is 11.8. The number of nitrogens with zero attached hydrogens (tertiary/aromatic N) is 3. The van der Waals surface area contributed by atoms with Crippen LogP contribution in [0.25, 0.3) is 0 Å². The molecule has 0 saturated heterocycles. The number of rotatable bonds is 2. The highest BCUT2D eigenvalue weighted by molar-refractivity contribution is 6.68. The standard InChI is InChI=1S/C12H9Cl2N3O3/c1-6-10(11(18)17(2)15-6)16-20-12(19)7-3-4-8(13)9(14)5-7/h3-5H,1-2H3. The van der Waals surface area contributed by atoms with Gasteiger partial charge in [-0.3, -0.25) is 4.79 Å². The molecule has 1 aliphatic heterocycles. The van der Waals surface area contributed by atoms with Crippen LogP contribution in [0.4, 0.5) is 0 Å². The van der Waals surface area contributed by atoms with Gasteiger partial charge in [-0.25, -0.2) is 9.80 Å². The van der Waals surface area contributed by atoms with E-state index in [-0.39, 0.29) is 16.3 Å². The van der Waals surface area contributed by atoms with Crippen LogP contribution in [0, 0.1) is 0 Å². The lowest BCUT2D eigenvalue weighted by molar-refractivity contribution is -0.122. The van der Waals surface area contributed by atoms with Crippen LogP contribution in [0.5, 0.6) is 0 Å². The number of benzene rings is 1. The highest BCUT2D eigenvalue weighted by Crippen LogP contribution is 2.23. The lowest BCUT2D eigenvalue weighted by Crippen LogP contribution is -2.24. The zero-order valence-electron chi connectivity index (χ0n) is 10.6. The third-order valence-corrected chi connectivity index (χ3v) is 3.25. The first-order valence-electron chi connectivity index (χ1n) is 5.48. The number of halogens is 2. The second kappa shape index (κ2) is 5.60. The Hall–Kier alpha value is -1.92. The van der Waals surface area contributed by atoms with E-state index in [1.807, 2.05) is 0 Å². The molecule has 0 aliphatic carbocycles. The molecule has 8 heteroatoms. The Morgan fingerprint density at radius 3 is 2.60 bits per heavy atom. The minimum atomic E-state index is -0.744. The molecule has 0 saturated carbocycles. The van der Waals surface area contributed by atoms with Crippen LogP contribution in [0.3, 0.4) is 0 Å². The lowest BCUT2D eigenvalue weighted by Gasteiger charge is -2.02. The summed E-state index contributed by atoms with van der Waals surface area (Å²) >= 11 is 11.5. The molecule has 0 fully saturated rings. The number of hydrogen-bond acceptors (Lipinski definition) is 5. The Kier molecular flexibility index (Phi) is 4.06. The van der Waals surface area contributed by atoms with Crippen molar-refractivity contribution in [3.05, 3.63) is 33.8 Å². The van der Waals surface area contributed by atoms with Crippen molar-refractivity contribution in [2.45, 2.75) is 6.92 Å². The first kappa shape index (κ1) is 14.5. The smallest absolute Gasteiger partial charge is 0.312 e. The number of carbonyl (C=O) groups is 2. The van der Waals surface area contributed by atoms with Gasteiger partial charge in [0.25, 0.3) is 5.91 Å². The molecule has 1 aliphatic rings. The Balaban J connectivity index is 2.15. The molecule has 1 aromatic rings. The molecule has 0 aromatic heterocycles. The first-order valence-corrected chi connectivity index (χ1v) is 6.23. The van der Waals surface area contributed by atoms with Crippen molar-refractivity contribution in [1.82, 2.24) is 5.01 Å². The summed E-state index contributed by atoms with van der Waals surface area (Å²) in [6.07, 6.45) is 0. The van der Waals surface area contributed by atoms with E-state index in [0.29, 0.717) is 10.7 Å². The van der Waals surface area contributed by atoms with Crippen LogP contribution in [-0.2, 0) is 9.63 Å². The SMILES string of the molecule is CC1=NN(C)C(=O)C1=NOC(=O)c1ccc(Cl)c(Cl)c1. The molecule has 2 rings (SSSR count). The average molecular weight is 314 g/mol. The number of hydrogen-bond donors (Lipinski definition) is 0. The number of hydrazone groups is 1. The van der Waals surface area contributed by atoms with Crippen LogP contribution in [0.15, 0.2) is 28.5 Å². The Morgan fingerprint density at radius 1 is 1.35 bits per heavy atom. The van der Waals surface area contributed by atoms with Gasteiger partial charge < -0.3 is 4.84 Å². The fourth-order valence-corrected chi connectivity index (χ4v) is 1.79. The van der Waals surface area contributed by atoms with Crippen LogP contribution in [0.2, 0.25) is 10.0 Å². The van der Waals surface area contributed by atoms with Gasteiger partial charge in [0.15, 0.2) is 5.71 Å². The largest absolute Gasteiger partial charge is 0.365 e. The molecule has 0 unspecified atom stereocenters. The van der Waals surface area contributed by atoms with Gasteiger partial charge in [-0.2, -0.15) is 5.10 Å². The molecule has 6 nitrogen and oxygen atoms in total. The molecule has 0 radical (unpaired) electrons. The van der Waals surface area contributed by atoms with E-state index in [0.717, 1.165) is 5.01 Å². The summed E-state index contributed by atoms with van der Waals surface area (Å²) in [5, 5.41) is 9.06. The van der Waals surface area contributed by atoms with E-state index in [1.165, 1.54) is 25.2 Å². The van der Waals surface area contributed by atoms with Crippen LogP contribution >= 0.6 is 23.2 Å². The molecular weight excluding hydrogens is 305 g/mol. The second-order valence-corrected chi connectivity index (χ2v) is 4.78. The normalized spacial score (nSPS) is 16.6. The summed E-state index contributed by atoms with van der Waals surface area (Å²) < 4.78 is 0. The fourth-order valence-electron chi connectivity index (χ4n) is 1.49. The third-order valence-electron chi connectivity index (χ3n) is 2.51. The van der Waals surface area contributed by atoms with Gasteiger partial charge in [0.2, 0.25) is 0 Å². The van der Waals surface area contributed by atoms with E-state index in [9.17, 15) is 9.59 Å². The van der Waals surface area contributed by atoms with Gasteiger partial charge in [-0.05, 0) is 25.1 Å². The van der Waals surface area contributed by atoms with Crippen molar-refractivity contribution in [1.29, 1.82) is 0 Å². The second-order valence-electron chi connectivity index (χ2n) is 3.96. The monoisotopic (exact) mass is 313 g/mol. The number of oxime groups is 1. The Morgan fingerprint density at radius 2 is 2.05 bits per heavy atom. The van der Waals surface area contributed by atoms with Gasteiger partial charge >= 0.3 is 5.97 Å². The van der Waals surface area contributed by atoms with E-state index in [2.05, 4.69) is 10.3 Å². The summed E-state index contributed by atoms with van der Waals surface area (Å²) in [7, 11) is 1.48. The van der Waals surface area contributed by atoms with Crippen LogP contribution in [0.1, 0.15) is 17.3 Å². The highest BCUT2D eigenvalue weighted by atomic mass is 35.5. The quantitative estimate of drug-likeness (QED) is 0.621. The van der Waals surface area contributed by atoms with Crippen molar-refractivity contribution in [3.8, 4) is 0 Å². The molecule has 1 heterocycles. The zero-order chi connectivity index (χ0) is 14.9. The predicted octanol–water partition coefficient (Wildman–Crippen LogP) is 2.35. The fraction of sp³-hybridized carbons (Fsp3) is 0.167. The van der Waals surface area contributed by atoms with E-state index >= 15 is 0 Å². The predicted molar refractivity (Wildman–Crippen MR) is 75.2 cm³/mol. The molecule has 104 valence electrons. The van der Waals surface area contributed by atoms with Gasteiger partial charge in [0.05, 0.1) is 21.3 Å². The molecule has 0 bridgehead atoms. The third kappa shape index (κ3) is 2.81. The molecule has 20 heavy (non-hydrogen) atoms. The van der Waals surface area contributed by atoms with Crippen molar-refractivity contribution >= 4 is 46.5 Å². The van der Waals surface area contributed by atoms with Gasteiger partial charge in [-0.15, -0.1) is 0 Å². The number of amides is 1. The van der Waals surface area contributed by atoms with E-state index in [4.69, 9.17) is 28.0 Å². The molecular formula is C12H9Cl2N3O3. The topological polar surface area (TPSA) is 71.3 Å². The molecule has 0 N–H and O–H groups in total. The molecule has 1 amide bonds. The lowest BCUT2D eigenvalue weighted by atomic mass is 10.2. The summed E-state index contributed by atoms with van der Waals surface area (Å²) in [5.41, 5.74) is 0.539. The van der Waals surface area contributed by atoms with Crippen LogP contribution < -0.4 is 0 Å². The van der Waals surface area contributed by atoms with Crippen molar-refractivity contribution in [2.75, 3.05) is 7.05 Å². The number of carbonyl (C=O) groups excluding carboxylic acids is 2. The molecule has 1 aromatic carbocycles.